The molecule has 0 aliphatic heterocycles. The first kappa shape index (κ1) is 15.1. The van der Waals surface area contributed by atoms with Crippen LogP contribution in [0.5, 0.6) is 0 Å². The molecule has 8 heteroatoms. The van der Waals surface area contributed by atoms with Gasteiger partial charge in [0, 0.05) is 11.6 Å². The van der Waals surface area contributed by atoms with Crippen molar-refractivity contribution in [2.75, 3.05) is 5.32 Å². The summed E-state index contributed by atoms with van der Waals surface area (Å²) in [5.74, 6) is 0.0196. The molecule has 1 aliphatic rings. The van der Waals surface area contributed by atoms with Crippen molar-refractivity contribution in [2.24, 2.45) is 5.92 Å². The standard InChI is InChI=1S/C14H18F3N5/c1-7-4-5-10(6-7)18-11-8(2)9(3)12-19-20-13(14(15,16)17)22(12)21-11/h7,10H,4-6H2,1-3H3,(H,18,21). The third-order valence-corrected chi connectivity index (χ3v) is 4.38. The van der Waals surface area contributed by atoms with Gasteiger partial charge < -0.3 is 5.32 Å². The number of halogens is 3. The van der Waals surface area contributed by atoms with Crippen molar-refractivity contribution >= 4 is 11.5 Å². The number of alkyl halides is 3. The Kier molecular flexibility index (Phi) is 3.49. The maximum atomic E-state index is 13.0. The quantitative estimate of drug-likeness (QED) is 0.923. The first-order chi connectivity index (χ1) is 10.3. The van der Waals surface area contributed by atoms with Crippen molar-refractivity contribution < 1.29 is 13.2 Å². The Labute approximate surface area is 125 Å². The highest BCUT2D eigenvalue weighted by Crippen LogP contribution is 2.31. The van der Waals surface area contributed by atoms with E-state index < -0.39 is 12.0 Å². The lowest BCUT2D eigenvalue weighted by Crippen LogP contribution is -2.20. The average molecular weight is 313 g/mol. The summed E-state index contributed by atoms with van der Waals surface area (Å²) in [6.07, 6.45) is -1.44. The number of anilines is 1. The summed E-state index contributed by atoms with van der Waals surface area (Å²) in [5.41, 5.74) is 1.62. The number of fused-ring (bicyclic) bond motifs is 1. The van der Waals surface area contributed by atoms with E-state index in [2.05, 4.69) is 27.5 Å². The second-order valence-corrected chi connectivity index (χ2v) is 6.11. The molecule has 1 fully saturated rings. The first-order valence-corrected chi connectivity index (χ1v) is 7.33. The second kappa shape index (κ2) is 5.10. The largest absolute Gasteiger partial charge is 0.453 e. The molecule has 5 nitrogen and oxygen atoms in total. The molecule has 3 rings (SSSR count). The van der Waals surface area contributed by atoms with Gasteiger partial charge in [0.05, 0.1) is 0 Å². The monoisotopic (exact) mass is 313 g/mol. The van der Waals surface area contributed by atoms with Crippen molar-refractivity contribution in [3.8, 4) is 0 Å². The van der Waals surface area contributed by atoms with E-state index in [1.165, 1.54) is 0 Å². The van der Waals surface area contributed by atoms with Gasteiger partial charge in [0.1, 0.15) is 0 Å². The summed E-state index contributed by atoms with van der Waals surface area (Å²) in [7, 11) is 0. The normalized spacial score (nSPS) is 22.5. The van der Waals surface area contributed by atoms with Crippen LogP contribution >= 0.6 is 0 Å². The number of aryl methyl sites for hydroxylation is 1. The molecule has 2 aromatic heterocycles. The van der Waals surface area contributed by atoms with Crippen LogP contribution in [0.3, 0.4) is 0 Å². The van der Waals surface area contributed by atoms with Crippen molar-refractivity contribution in [1.29, 1.82) is 0 Å². The summed E-state index contributed by atoms with van der Waals surface area (Å²) in [6.45, 7) is 5.76. The minimum Gasteiger partial charge on any atom is -0.366 e. The molecule has 2 aromatic rings. The van der Waals surface area contributed by atoms with E-state index in [0.29, 0.717) is 17.3 Å². The van der Waals surface area contributed by atoms with E-state index in [0.717, 1.165) is 29.3 Å². The molecule has 0 amide bonds. The van der Waals surface area contributed by atoms with Gasteiger partial charge in [0.2, 0.25) is 0 Å². The molecule has 0 aromatic carbocycles. The zero-order valence-electron chi connectivity index (χ0n) is 12.7. The van der Waals surface area contributed by atoms with Crippen LogP contribution in [0.4, 0.5) is 19.0 Å². The molecule has 22 heavy (non-hydrogen) atoms. The molecular formula is C14H18F3N5. The fraction of sp³-hybridized carbons (Fsp3) is 0.643. The van der Waals surface area contributed by atoms with E-state index in [4.69, 9.17) is 0 Å². The molecule has 2 atom stereocenters. The van der Waals surface area contributed by atoms with Gasteiger partial charge in [-0.2, -0.15) is 17.7 Å². The second-order valence-electron chi connectivity index (χ2n) is 6.11. The summed E-state index contributed by atoms with van der Waals surface area (Å²) in [6, 6.07) is 0.254. The van der Waals surface area contributed by atoms with Crippen molar-refractivity contribution in [1.82, 2.24) is 19.8 Å². The van der Waals surface area contributed by atoms with Crippen molar-refractivity contribution in [3.63, 3.8) is 0 Å². The van der Waals surface area contributed by atoms with Gasteiger partial charge in [0.25, 0.3) is 5.82 Å². The molecule has 0 saturated heterocycles. The van der Waals surface area contributed by atoms with Gasteiger partial charge >= 0.3 is 6.18 Å². The average Bonchev–Trinajstić information content (AvgIpc) is 3.01. The third-order valence-electron chi connectivity index (χ3n) is 4.38. The zero-order chi connectivity index (χ0) is 16.1. The van der Waals surface area contributed by atoms with Gasteiger partial charge in [-0.25, -0.2) is 0 Å². The summed E-state index contributed by atoms with van der Waals surface area (Å²) in [5, 5.41) is 14.3. The molecule has 0 bridgehead atoms. The van der Waals surface area contributed by atoms with Gasteiger partial charge in [-0.3, -0.25) is 0 Å². The Morgan fingerprint density at radius 1 is 1.14 bits per heavy atom. The molecule has 1 saturated carbocycles. The van der Waals surface area contributed by atoms with Crippen LogP contribution in [0.1, 0.15) is 43.1 Å². The van der Waals surface area contributed by atoms with E-state index in [1.54, 1.807) is 6.92 Å². The topological polar surface area (TPSA) is 55.1 Å². The lowest BCUT2D eigenvalue weighted by Gasteiger charge is -2.17. The van der Waals surface area contributed by atoms with Crippen molar-refractivity contribution in [3.05, 3.63) is 17.0 Å². The Morgan fingerprint density at radius 2 is 1.86 bits per heavy atom. The van der Waals surface area contributed by atoms with Crippen LogP contribution in [0.15, 0.2) is 0 Å². The first-order valence-electron chi connectivity index (χ1n) is 7.33. The molecule has 2 unspecified atom stereocenters. The van der Waals surface area contributed by atoms with Crippen LogP contribution in [0.2, 0.25) is 0 Å². The lowest BCUT2D eigenvalue weighted by atomic mass is 10.1. The highest BCUT2D eigenvalue weighted by atomic mass is 19.4. The predicted molar refractivity (Wildman–Crippen MR) is 75.7 cm³/mol. The van der Waals surface area contributed by atoms with Gasteiger partial charge in [0.15, 0.2) is 11.5 Å². The maximum Gasteiger partial charge on any atom is 0.453 e. The predicted octanol–water partition coefficient (Wildman–Crippen LogP) is 3.36. The summed E-state index contributed by atoms with van der Waals surface area (Å²) >= 11 is 0. The minimum absolute atomic E-state index is 0.148. The fourth-order valence-electron chi connectivity index (χ4n) is 2.97. The molecule has 1 aliphatic carbocycles. The maximum absolute atomic E-state index is 13.0. The molecule has 1 N–H and O–H groups in total. The third kappa shape index (κ3) is 2.50. The summed E-state index contributed by atoms with van der Waals surface area (Å²) in [4.78, 5) is 0. The van der Waals surface area contributed by atoms with Crippen LogP contribution in [0, 0.1) is 19.8 Å². The van der Waals surface area contributed by atoms with Crippen LogP contribution in [-0.4, -0.2) is 25.9 Å². The van der Waals surface area contributed by atoms with E-state index in [9.17, 15) is 13.2 Å². The zero-order valence-corrected chi connectivity index (χ0v) is 12.7. The number of hydrogen-bond donors (Lipinski definition) is 1. The highest BCUT2D eigenvalue weighted by molar-refractivity contribution is 5.58. The Hall–Kier alpha value is -1.86. The highest BCUT2D eigenvalue weighted by Gasteiger charge is 2.38. The van der Waals surface area contributed by atoms with Crippen molar-refractivity contribution in [2.45, 2.75) is 52.3 Å². The Morgan fingerprint density at radius 3 is 2.45 bits per heavy atom. The van der Waals surface area contributed by atoms with Crippen LogP contribution < -0.4 is 5.32 Å². The Balaban J connectivity index is 2.04. The van der Waals surface area contributed by atoms with Crippen LogP contribution in [0.25, 0.3) is 5.65 Å². The van der Waals surface area contributed by atoms with Gasteiger partial charge in [-0.15, -0.1) is 15.3 Å². The molecule has 120 valence electrons. The molecule has 0 radical (unpaired) electrons. The number of nitrogens with zero attached hydrogens (tertiary/aromatic N) is 4. The smallest absolute Gasteiger partial charge is 0.366 e. The molecule has 2 heterocycles. The van der Waals surface area contributed by atoms with E-state index in [1.807, 2.05) is 6.92 Å². The fourth-order valence-corrected chi connectivity index (χ4v) is 2.97. The number of nitrogens with one attached hydrogen (secondary N) is 1. The van der Waals surface area contributed by atoms with Crippen LogP contribution in [-0.2, 0) is 6.18 Å². The SMILES string of the molecule is Cc1c(NC2CCC(C)C2)nn2c(C(F)(F)F)nnc2c1C. The summed E-state index contributed by atoms with van der Waals surface area (Å²) < 4.78 is 39.8. The molecular weight excluding hydrogens is 295 g/mol. The minimum atomic E-state index is -4.58. The number of hydrogen-bond acceptors (Lipinski definition) is 4. The van der Waals surface area contributed by atoms with E-state index >= 15 is 0 Å². The van der Waals surface area contributed by atoms with Gasteiger partial charge in [-0.05, 0) is 44.6 Å². The number of rotatable bonds is 2. The Bertz CT molecular complexity index is 707. The number of aromatic nitrogens is 4. The van der Waals surface area contributed by atoms with E-state index in [-0.39, 0.29) is 11.7 Å². The van der Waals surface area contributed by atoms with Gasteiger partial charge in [-0.1, -0.05) is 6.92 Å². The lowest BCUT2D eigenvalue weighted by molar-refractivity contribution is -0.146. The molecule has 0 spiro atoms.